The van der Waals surface area contributed by atoms with E-state index in [0.29, 0.717) is 11.4 Å². The van der Waals surface area contributed by atoms with Gasteiger partial charge in [0.15, 0.2) is 0 Å². The number of nitrogens with zero attached hydrogens (tertiary/aromatic N) is 2. The van der Waals surface area contributed by atoms with E-state index in [4.69, 9.17) is 9.47 Å². The third kappa shape index (κ3) is 4.69. The molecule has 1 fully saturated rings. The topological polar surface area (TPSA) is 76.3 Å². The molecule has 1 aromatic carbocycles. The number of amides is 1. The van der Waals surface area contributed by atoms with Gasteiger partial charge in [-0.15, -0.1) is 0 Å². The molecule has 0 bridgehead atoms. The number of aromatic nitrogens is 1. The van der Waals surface area contributed by atoms with Gasteiger partial charge in [-0.05, 0) is 69.0 Å². The fourth-order valence-electron chi connectivity index (χ4n) is 3.66. The molecule has 1 saturated heterocycles. The number of aryl methyl sites for hydroxylation is 2. The molecule has 0 radical (unpaired) electrons. The Bertz CT molecular complexity index is 976. The smallest absolute Gasteiger partial charge is 0.266 e. The summed E-state index contributed by atoms with van der Waals surface area (Å²) in [5, 5.41) is 12.4. The zero-order valence-electron chi connectivity index (χ0n) is 17.4. The van der Waals surface area contributed by atoms with E-state index in [1.54, 1.807) is 19.3 Å². The van der Waals surface area contributed by atoms with Crippen molar-refractivity contribution < 1.29 is 14.3 Å². The second-order valence-corrected chi connectivity index (χ2v) is 7.40. The van der Waals surface area contributed by atoms with Crippen LogP contribution in [0.25, 0.3) is 6.08 Å². The molecule has 0 unspecified atom stereocenters. The highest BCUT2D eigenvalue weighted by Crippen LogP contribution is 2.26. The lowest BCUT2D eigenvalue weighted by Crippen LogP contribution is -2.17. The molecule has 0 spiro atoms. The van der Waals surface area contributed by atoms with Crippen LogP contribution < -0.4 is 10.1 Å². The van der Waals surface area contributed by atoms with Crippen molar-refractivity contribution in [3.05, 3.63) is 52.4 Å². The van der Waals surface area contributed by atoms with Crippen molar-refractivity contribution in [3.63, 3.8) is 0 Å². The molecule has 3 rings (SSSR count). The fourth-order valence-corrected chi connectivity index (χ4v) is 3.66. The average molecular weight is 393 g/mol. The standard InChI is InChI=1S/C23H27N3O3/c1-15-7-8-22(28-4)21(10-15)25-23(27)19(13-24)12-18-11-16(2)26(17(18)3)14-20-6-5-9-29-20/h7-8,10-12,20H,5-6,9,14H2,1-4H3,(H,25,27)/b19-12+/t20-/m0/s1. The van der Waals surface area contributed by atoms with Gasteiger partial charge in [0.25, 0.3) is 5.91 Å². The first-order valence-corrected chi connectivity index (χ1v) is 9.79. The molecule has 1 N–H and O–H groups in total. The van der Waals surface area contributed by atoms with Gasteiger partial charge in [-0.2, -0.15) is 5.26 Å². The highest BCUT2D eigenvalue weighted by molar-refractivity contribution is 6.10. The molecule has 1 atom stereocenters. The molecule has 1 aliphatic rings. The average Bonchev–Trinajstić information content (AvgIpc) is 3.30. The van der Waals surface area contributed by atoms with Crippen LogP contribution >= 0.6 is 0 Å². The Morgan fingerprint density at radius 2 is 2.17 bits per heavy atom. The number of nitrogens with one attached hydrogen (secondary N) is 1. The number of benzene rings is 1. The fraction of sp³-hybridized carbons (Fsp3) is 0.391. The minimum Gasteiger partial charge on any atom is -0.495 e. The third-order valence-corrected chi connectivity index (χ3v) is 5.29. The van der Waals surface area contributed by atoms with Crippen LogP contribution in [0.1, 0.15) is 35.4 Å². The van der Waals surface area contributed by atoms with E-state index in [2.05, 4.69) is 9.88 Å². The van der Waals surface area contributed by atoms with Crippen molar-refractivity contribution in [1.82, 2.24) is 4.57 Å². The van der Waals surface area contributed by atoms with Gasteiger partial charge in [0.2, 0.25) is 0 Å². The Hall–Kier alpha value is -3.04. The summed E-state index contributed by atoms with van der Waals surface area (Å²) in [4.78, 5) is 12.7. The number of nitriles is 1. The summed E-state index contributed by atoms with van der Waals surface area (Å²) >= 11 is 0. The van der Waals surface area contributed by atoms with Crippen LogP contribution in [-0.4, -0.2) is 30.3 Å². The highest BCUT2D eigenvalue weighted by Gasteiger charge is 2.19. The lowest BCUT2D eigenvalue weighted by atomic mass is 10.1. The summed E-state index contributed by atoms with van der Waals surface area (Å²) in [6.07, 6.45) is 4.03. The second-order valence-electron chi connectivity index (χ2n) is 7.40. The van der Waals surface area contributed by atoms with Gasteiger partial charge in [0, 0.05) is 24.5 Å². The Balaban J connectivity index is 1.83. The maximum absolute atomic E-state index is 12.7. The number of anilines is 1. The number of carbonyl (C=O) groups is 1. The van der Waals surface area contributed by atoms with Crippen molar-refractivity contribution in [2.24, 2.45) is 0 Å². The minimum absolute atomic E-state index is 0.0472. The molecule has 1 amide bonds. The van der Waals surface area contributed by atoms with E-state index in [1.165, 1.54) is 0 Å². The summed E-state index contributed by atoms with van der Waals surface area (Å²) in [7, 11) is 1.55. The van der Waals surface area contributed by atoms with Crippen molar-refractivity contribution >= 4 is 17.7 Å². The van der Waals surface area contributed by atoms with Crippen molar-refractivity contribution in [3.8, 4) is 11.8 Å². The summed E-state index contributed by atoms with van der Waals surface area (Å²) in [5.74, 6) is 0.0938. The van der Waals surface area contributed by atoms with Crippen molar-refractivity contribution in [2.45, 2.75) is 46.3 Å². The number of methoxy groups -OCH3 is 1. The molecule has 2 aromatic rings. The monoisotopic (exact) mass is 393 g/mol. The largest absolute Gasteiger partial charge is 0.495 e. The van der Waals surface area contributed by atoms with Crippen LogP contribution in [-0.2, 0) is 16.1 Å². The Morgan fingerprint density at radius 3 is 2.83 bits per heavy atom. The Morgan fingerprint density at radius 1 is 1.38 bits per heavy atom. The van der Waals surface area contributed by atoms with Crippen molar-refractivity contribution in [1.29, 1.82) is 5.26 Å². The minimum atomic E-state index is -0.458. The number of ether oxygens (including phenoxy) is 2. The van der Waals surface area contributed by atoms with Crippen LogP contribution in [0, 0.1) is 32.1 Å². The lowest BCUT2D eigenvalue weighted by molar-refractivity contribution is -0.112. The number of carbonyl (C=O) groups excluding carboxylic acids is 1. The molecule has 0 saturated carbocycles. The van der Waals surface area contributed by atoms with E-state index in [0.717, 1.165) is 48.5 Å². The zero-order valence-corrected chi connectivity index (χ0v) is 17.4. The maximum Gasteiger partial charge on any atom is 0.266 e. The molecule has 1 aliphatic heterocycles. The summed E-state index contributed by atoms with van der Waals surface area (Å²) in [6, 6.07) is 9.54. The molecule has 152 valence electrons. The van der Waals surface area contributed by atoms with Gasteiger partial charge in [0.1, 0.15) is 17.4 Å². The molecule has 6 heteroatoms. The summed E-state index contributed by atoms with van der Waals surface area (Å²) in [5.41, 5.74) is 4.55. The molecule has 6 nitrogen and oxygen atoms in total. The van der Waals surface area contributed by atoms with Crippen LogP contribution in [0.5, 0.6) is 5.75 Å². The number of hydrogen-bond donors (Lipinski definition) is 1. The van der Waals surface area contributed by atoms with E-state index in [9.17, 15) is 10.1 Å². The summed E-state index contributed by atoms with van der Waals surface area (Å²) < 4.78 is 13.2. The van der Waals surface area contributed by atoms with Crippen LogP contribution in [0.3, 0.4) is 0 Å². The molecule has 29 heavy (non-hydrogen) atoms. The molecule has 1 aromatic heterocycles. The quantitative estimate of drug-likeness (QED) is 0.591. The van der Waals surface area contributed by atoms with Gasteiger partial charge in [0.05, 0.1) is 18.9 Å². The van der Waals surface area contributed by atoms with Gasteiger partial charge >= 0.3 is 0 Å². The first-order valence-electron chi connectivity index (χ1n) is 9.79. The summed E-state index contributed by atoms with van der Waals surface area (Å²) in [6.45, 7) is 7.57. The van der Waals surface area contributed by atoms with Gasteiger partial charge in [-0.3, -0.25) is 4.79 Å². The predicted octanol–water partition coefficient (Wildman–Crippen LogP) is 4.15. The normalized spacial score (nSPS) is 16.5. The maximum atomic E-state index is 12.7. The predicted molar refractivity (Wildman–Crippen MR) is 113 cm³/mol. The van der Waals surface area contributed by atoms with Crippen LogP contribution in [0.2, 0.25) is 0 Å². The van der Waals surface area contributed by atoms with Crippen LogP contribution in [0.4, 0.5) is 5.69 Å². The van der Waals surface area contributed by atoms with E-state index >= 15 is 0 Å². The molecular formula is C23H27N3O3. The number of hydrogen-bond acceptors (Lipinski definition) is 4. The van der Waals surface area contributed by atoms with Crippen LogP contribution in [0.15, 0.2) is 29.8 Å². The zero-order chi connectivity index (χ0) is 21.0. The molecular weight excluding hydrogens is 366 g/mol. The lowest BCUT2D eigenvalue weighted by Gasteiger charge is -2.14. The van der Waals surface area contributed by atoms with Gasteiger partial charge < -0.3 is 19.4 Å². The number of rotatable bonds is 6. The SMILES string of the molecule is COc1ccc(C)cc1NC(=O)/C(C#N)=C/c1cc(C)n(C[C@@H]2CCCO2)c1C. The Labute approximate surface area is 171 Å². The van der Waals surface area contributed by atoms with Gasteiger partial charge in [-0.25, -0.2) is 0 Å². The van der Waals surface area contributed by atoms with E-state index in [1.807, 2.05) is 45.0 Å². The first kappa shape index (κ1) is 20.7. The second kappa shape index (κ2) is 8.97. The Kier molecular flexibility index (Phi) is 6.40. The molecule has 2 heterocycles. The van der Waals surface area contributed by atoms with Crippen molar-refractivity contribution in [2.75, 3.05) is 19.0 Å². The van der Waals surface area contributed by atoms with E-state index < -0.39 is 5.91 Å². The van der Waals surface area contributed by atoms with Gasteiger partial charge in [-0.1, -0.05) is 6.07 Å². The molecule has 0 aliphatic carbocycles. The first-order chi connectivity index (χ1) is 13.9. The highest BCUT2D eigenvalue weighted by atomic mass is 16.5. The van der Waals surface area contributed by atoms with E-state index in [-0.39, 0.29) is 11.7 Å². The third-order valence-electron chi connectivity index (χ3n) is 5.29.